The van der Waals surface area contributed by atoms with Gasteiger partial charge in [0.1, 0.15) is 11.4 Å². The minimum absolute atomic E-state index is 0.0873. The molecule has 1 heterocycles. The van der Waals surface area contributed by atoms with Crippen LogP contribution >= 0.6 is 15.9 Å². The molecule has 0 atom stereocenters. The highest BCUT2D eigenvalue weighted by molar-refractivity contribution is 9.10. The molecule has 20 heavy (non-hydrogen) atoms. The first-order valence-electron chi connectivity index (χ1n) is 6.13. The van der Waals surface area contributed by atoms with Crippen LogP contribution in [0.3, 0.4) is 0 Å². The van der Waals surface area contributed by atoms with Gasteiger partial charge in [-0.1, -0.05) is 6.07 Å². The summed E-state index contributed by atoms with van der Waals surface area (Å²) in [7, 11) is -0.925. The van der Waals surface area contributed by atoms with Crippen molar-refractivity contribution in [2.45, 2.75) is 38.9 Å². The van der Waals surface area contributed by atoms with Crippen molar-refractivity contribution in [3.8, 4) is 0 Å². The van der Waals surface area contributed by atoms with E-state index in [1.807, 2.05) is 27.7 Å². The zero-order chi connectivity index (χ0) is 15.3. The van der Waals surface area contributed by atoms with Crippen LogP contribution in [0.4, 0.5) is 4.39 Å². The Morgan fingerprint density at radius 1 is 1.25 bits per heavy atom. The van der Waals surface area contributed by atoms with Gasteiger partial charge in [-0.25, -0.2) is 9.18 Å². The maximum atomic E-state index is 14.4. The summed E-state index contributed by atoms with van der Waals surface area (Å²) in [6.07, 6.45) is 0. The lowest BCUT2D eigenvalue weighted by Gasteiger charge is -2.32. The molecule has 0 unspecified atom stereocenters. The van der Waals surface area contributed by atoms with E-state index in [2.05, 4.69) is 15.9 Å². The lowest BCUT2D eigenvalue weighted by atomic mass is 9.78. The van der Waals surface area contributed by atoms with Crippen molar-refractivity contribution >= 4 is 34.5 Å². The van der Waals surface area contributed by atoms with Gasteiger partial charge in [-0.2, -0.15) is 0 Å². The van der Waals surface area contributed by atoms with Crippen molar-refractivity contribution in [3.63, 3.8) is 0 Å². The topological polar surface area (TPSA) is 55.8 Å². The molecule has 0 bridgehead atoms. The zero-order valence-corrected chi connectivity index (χ0v) is 13.2. The van der Waals surface area contributed by atoms with E-state index in [1.165, 1.54) is 12.1 Å². The van der Waals surface area contributed by atoms with E-state index in [0.29, 0.717) is 0 Å². The SMILES string of the molecule is CC1(C)OB(c2ccc(Br)c(C(=O)O)c2F)OC1(C)C. The summed E-state index contributed by atoms with van der Waals surface area (Å²) < 4.78 is 26.0. The van der Waals surface area contributed by atoms with E-state index in [1.54, 1.807) is 0 Å². The summed E-state index contributed by atoms with van der Waals surface area (Å²) in [5.41, 5.74) is -1.55. The predicted molar refractivity (Wildman–Crippen MR) is 76.8 cm³/mol. The van der Waals surface area contributed by atoms with Crippen molar-refractivity contribution in [1.82, 2.24) is 0 Å². The van der Waals surface area contributed by atoms with Gasteiger partial charge in [0.2, 0.25) is 0 Å². The van der Waals surface area contributed by atoms with Gasteiger partial charge in [-0.3, -0.25) is 0 Å². The van der Waals surface area contributed by atoms with Crippen LogP contribution in [-0.4, -0.2) is 29.4 Å². The Bertz CT molecular complexity index is 558. The number of benzene rings is 1. The van der Waals surface area contributed by atoms with Crippen molar-refractivity contribution < 1.29 is 23.6 Å². The maximum absolute atomic E-state index is 14.4. The Morgan fingerprint density at radius 2 is 1.75 bits per heavy atom. The number of carbonyl (C=O) groups is 1. The Labute approximate surface area is 125 Å². The predicted octanol–water partition coefficient (Wildman–Crippen LogP) is 2.59. The van der Waals surface area contributed by atoms with Crippen LogP contribution in [0, 0.1) is 5.82 Å². The summed E-state index contributed by atoms with van der Waals surface area (Å²) in [6.45, 7) is 7.40. The normalized spacial score (nSPS) is 20.2. The maximum Gasteiger partial charge on any atom is 0.497 e. The highest BCUT2D eigenvalue weighted by atomic mass is 79.9. The number of halogens is 2. The number of hydrogen-bond donors (Lipinski definition) is 1. The second kappa shape index (κ2) is 4.82. The first kappa shape index (κ1) is 15.5. The monoisotopic (exact) mass is 344 g/mol. The fourth-order valence-corrected chi connectivity index (χ4v) is 2.39. The molecule has 0 radical (unpaired) electrons. The minimum Gasteiger partial charge on any atom is -0.478 e. The fraction of sp³-hybridized carbons (Fsp3) is 0.462. The first-order chi connectivity index (χ1) is 9.07. The molecule has 0 saturated carbocycles. The van der Waals surface area contributed by atoms with Crippen LogP contribution in [0.25, 0.3) is 0 Å². The summed E-state index contributed by atoms with van der Waals surface area (Å²) >= 11 is 3.03. The summed E-state index contributed by atoms with van der Waals surface area (Å²) in [5, 5.41) is 9.07. The first-order valence-corrected chi connectivity index (χ1v) is 6.93. The summed E-state index contributed by atoms with van der Waals surface area (Å²) in [4.78, 5) is 11.1. The van der Waals surface area contributed by atoms with Gasteiger partial charge >= 0.3 is 13.1 Å². The van der Waals surface area contributed by atoms with Gasteiger partial charge in [0.05, 0.1) is 11.2 Å². The van der Waals surface area contributed by atoms with Gasteiger partial charge in [-0.05, 0) is 49.7 Å². The van der Waals surface area contributed by atoms with E-state index in [0.717, 1.165) is 0 Å². The average molecular weight is 345 g/mol. The highest BCUT2D eigenvalue weighted by Gasteiger charge is 2.52. The van der Waals surface area contributed by atoms with Crippen LogP contribution in [0.5, 0.6) is 0 Å². The molecule has 0 aliphatic carbocycles. The summed E-state index contributed by atoms with van der Waals surface area (Å²) in [6, 6.07) is 2.95. The van der Waals surface area contributed by atoms with Crippen LogP contribution in [0.2, 0.25) is 0 Å². The highest BCUT2D eigenvalue weighted by Crippen LogP contribution is 2.37. The molecular weight excluding hydrogens is 330 g/mol. The van der Waals surface area contributed by atoms with Crippen LogP contribution in [-0.2, 0) is 9.31 Å². The van der Waals surface area contributed by atoms with Crippen molar-refractivity contribution in [2.24, 2.45) is 0 Å². The average Bonchev–Trinajstić information content (AvgIpc) is 2.47. The van der Waals surface area contributed by atoms with E-state index in [9.17, 15) is 9.18 Å². The van der Waals surface area contributed by atoms with Gasteiger partial charge in [0.15, 0.2) is 0 Å². The van der Waals surface area contributed by atoms with E-state index < -0.39 is 35.7 Å². The molecule has 4 nitrogen and oxygen atoms in total. The molecule has 1 aromatic carbocycles. The van der Waals surface area contributed by atoms with Gasteiger partial charge in [-0.15, -0.1) is 0 Å². The van der Waals surface area contributed by atoms with Gasteiger partial charge < -0.3 is 14.4 Å². The second-order valence-corrected chi connectivity index (χ2v) is 6.57. The third-order valence-electron chi connectivity index (χ3n) is 3.84. The smallest absolute Gasteiger partial charge is 0.478 e. The molecule has 1 aromatic rings. The van der Waals surface area contributed by atoms with Crippen molar-refractivity contribution in [3.05, 3.63) is 28.0 Å². The zero-order valence-electron chi connectivity index (χ0n) is 11.7. The number of rotatable bonds is 2. The van der Waals surface area contributed by atoms with Crippen LogP contribution in [0.15, 0.2) is 16.6 Å². The number of hydrogen-bond acceptors (Lipinski definition) is 3. The largest absolute Gasteiger partial charge is 0.497 e. The lowest BCUT2D eigenvalue weighted by Crippen LogP contribution is -2.41. The molecule has 0 aromatic heterocycles. The van der Waals surface area contributed by atoms with Gasteiger partial charge in [0, 0.05) is 9.94 Å². The van der Waals surface area contributed by atoms with Crippen LogP contribution in [0.1, 0.15) is 38.1 Å². The Hall–Kier alpha value is -0.915. The number of carboxylic acids is 1. The Balaban J connectivity index is 2.46. The molecule has 1 aliphatic heterocycles. The third kappa shape index (κ3) is 2.38. The minimum atomic E-state index is -1.34. The molecule has 1 N–H and O–H groups in total. The molecule has 1 fully saturated rings. The Morgan fingerprint density at radius 3 is 2.20 bits per heavy atom. The molecule has 1 aliphatic rings. The molecule has 1 saturated heterocycles. The van der Waals surface area contributed by atoms with Crippen LogP contribution < -0.4 is 5.46 Å². The number of aromatic carboxylic acids is 1. The molecule has 0 amide bonds. The lowest BCUT2D eigenvalue weighted by molar-refractivity contribution is 0.00578. The van der Waals surface area contributed by atoms with E-state index in [-0.39, 0.29) is 9.94 Å². The quantitative estimate of drug-likeness (QED) is 0.838. The Kier molecular flexibility index (Phi) is 3.73. The van der Waals surface area contributed by atoms with Gasteiger partial charge in [0.25, 0.3) is 0 Å². The molecule has 108 valence electrons. The molecular formula is C13H15BBrFO4. The fourth-order valence-electron chi connectivity index (χ4n) is 1.92. The number of carboxylic acid groups (broad SMARTS) is 1. The summed E-state index contributed by atoms with van der Waals surface area (Å²) in [5.74, 6) is -2.18. The van der Waals surface area contributed by atoms with E-state index >= 15 is 0 Å². The van der Waals surface area contributed by atoms with Crippen molar-refractivity contribution in [2.75, 3.05) is 0 Å². The standard InChI is InChI=1S/C13H15BBrFO4/c1-12(2)13(3,4)20-14(19-12)7-5-6-8(15)9(10(7)16)11(17)18/h5-6H,1-4H3,(H,17,18). The van der Waals surface area contributed by atoms with Crippen molar-refractivity contribution in [1.29, 1.82) is 0 Å². The molecule has 7 heteroatoms. The molecule has 0 spiro atoms. The third-order valence-corrected chi connectivity index (χ3v) is 4.50. The molecule has 2 rings (SSSR count). The van der Waals surface area contributed by atoms with E-state index in [4.69, 9.17) is 14.4 Å². The second-order valence-electron chi connectivity index (χ2n) is 5.72.